The van der Waals surface area contributed by atoms with Gasteiger partial charge in [0.1, 0.15) is 5.82 Å². The number of carbonyl (C=O) groups is 1. The molecule has 0 radical (unpaired) electrons. The first-order valence-electron chi connectivity index (χ1n) is 7.73. The molecule has 1 amide bonds. The van der Waals surface area contributed by atoms with Crippen molar-refractivity contribution >= 4 is 17.5 Å². The van der Waals surface area contributed by atoms with E-state index in [-0.39, 0.29) is 16.5 Å². The van der Waals surface area contributed by atoms with Crippen LogP contribution in [0.4, 0.5) is 4.39 Å². The van der Waals surface area contributed by atoms with E-state index in [0.29, 0.717) is 45.9 Å². The Hall–Kier alpha value is -1.21. The molecule has 1 saturated heterocycles. The smallest absolute Gasteiger partial charge is 0.256 e. The summed E-state index contributed by atoms with van der Waals surface area (Å²) in [6.45, 7) is 5.57. The van der Waals surface area contributed by atoms with Crippen molar-refractivity contribution in [3.63, 3.8) is 0 Å². The molecular weight excluding hydrogens is 323 g/mol. The number of aliphatic hydroxyl groups excluding tert-OH is 1. The van der Waals surface area contributed by atoms with E-state index >= 15 is 0 Å². The van der Waals surface area contributed by atoms with Gasteiger partial charge in [0.15, 0.2) is 0 Å². The number of ether oxygens (including phenoxy) is 1. The SMILES string of the molecule is CCOCC(O)CN1CCN(C(=O)c2ccc(Cl)cc2F)CC1. The Labute approximate surface area is 140 Å². The zero-order valence-corrected chi connectivity index (χ0v) is 13.9. The summed E-state index contributed by atoms with van der Waals surface area (Å²) < 4.78 is 19.0. The number of aliphatic hydroxyl groups is 1. The van der Waals surface area contributed by atoms with Gasteiger partial charge in [0.2, 0.25) is 0 Å². The second kappa shape index (κ2) is 8.59. The number of nitrogens with zero attached hydrogens (tertiary/aromatic N) is 2. The van der Waals surface area contributed by atoms with Crippen LogP contribution in [0.15, 0.2) is 18.2 Å². The van der Waals surface area contributed by atoms with Crippen molar-refractivity contribution in [2.75, 3.05) is 45.9 Å². The maximum atomic E-state index is 13.8. The fourth-order valence-corrected chi connectivity index (χ4v) is 2.73. The van der Waals surface area contributed by atoms with Crippen molar-refractivity contribution in [1.82, 2.24) is 9.80 Å². The molecule has 1 aromatic carbocycles. The van der Waals surface area contributed by atoms with Crippen LogP contribution < -0.4 is 0 Å². The average molecular weight is 345 g/mol. The minimum Gasteiger partial charge on any atom is -0.389 e. The number of hydrogen-bond donors (Lipinski definition) is 1. The van der Waals surface area contributed by atoms with Crippen LogP contribution in [0.1, 0.15) is 17.3 Å². The lowest BCUT2D eigenvalue weighted by molar-refractivity contribution is 0.0111. The van der Waals surface area contributed by atoms with Crippen LogP contribution in [-0.2, 0) is 4.74 Å². The van der Waals surface area contributed by atoms with E-state index in [2.05, 4.69) is 4.90 Å². The van der Waals surface area contributed by atoms with Gasteiger partial charge < -0.3 is 14.7 Å². The maximum absolute atomic E-state index is 13.8. The lowest BCUT2D eigenvalue weighted by Crippen LogP contribution is -2.51. The van der Waals surface area contributed by atoms with Crippen molar-refractivity contribution in [2.24, 2.45) is 0 Å². The van der Waals surface area contributed by atoms with Crippen molar-refractivity contribution in [2.45, 2.75) is 13.0 Å². The average Bonchev–Trinajstić information content (AvgIpc) is 2.53. The summed E-state index contributed by atoms with van der Waals surface area (Å²) in [7, 11) is 0. The number of benzene rings is 1. The molecule has 23 heavy (non-hydrogen) atoms. The Morgan fingerprint density at radius 3 is 2.70 bits per heavy atom. The summed E-state index contributed by atoms with van der Waals surface area (Å²) in [4.78, 5) is 16.1. The van der Waals surface area contributed by atoms with Gasteiger partial charge in [0.25, 0.3) is 5.91 Å². The highest BCUT2D eigenvalue weighted by molar-refractivity contribution is 6.30. The lowest BCUT2D eigenvalue weighted by Gasteiger charge is -2.35. The topological polar surface area (TPSA) is 53.0 Å². The van der Waals surface area contributed by atoms with Crippen molar-refractivity contribution < 1.29 is 19.0 Å². The van der Waals surface area contributed by atoms with Gasteiger partial charge >= 0.3 is 0 Å². The van der Waals surface area contributed by atoms with Gasteiger partial charge in [-0.3, -0.25) is 9.69 Å². The van der Waals surface area contributed by atoms with Crippen LogP contribution in [0.25, 0.3) is 0 Å². The molecule has 7 heteroatoms. The fraction of sp³-hybridized carbons (Fsp3) is 0.562. The van der Waals surface area contributed by atoms with E-state index in [1.807, 2.05) is 6.92 Å². The van der Waals surface area contributed by atoms with Gasteiger partial charge in [-0.15, -0.1) is 0 Å². The molecule has 0 saturated carbocycles. The van der Waals surface area contributed by atoms with Crippen LogP contribution in [0.2, 0.25) is 5.02 Å². The molecule has 0 aromatic heterocycles. The zero-order valence-electron chi connectivity index (χ0n) is 13.2. The number of piperazine rings is 1. The summed E-state index contributed by atoms with van der Waals surface area (Å²) in [6.07, 6.45) is -0.536. The van der Waals surface area contributed by atoms with Crippen molar-refractivity contribution in [1.29, 1.82) is 0 Å². The van der Waals surface area contributed by atoms with Gasteiger partial charge in [0, 0.05) is 44.4 Å². The maximum Gasteiger partial charge on any atom is 0.256 e. The quantitative estimate of drug-likeness (QED) is 0.852. The Kier molecular flexibility index (Phi) is 6.77. The molecule has 1 atom stereocenters. The van der Waals surface area contributed by atoms with E-state index in [9.17, 15) is 14.3 Å². The van der Waals surface area contributed by atoms with Gasteiger partial charge in [-0.25, -0.2) is 4.39 Å². The first-order valence-corrected chi connectivity index (χ1v) is 8.11. The van der Waals surface area contributed by atoms with Crippen molar-refractivity contribution in [3.8, 4) is 0 Å². The number of β-amino-alcohol motifs (C(OH)–C–C–N with tert-alkyl or cyclic N) is 1. The molecule has 1 heterocycles. The number of rotatable bonds is 6. The largest absolute Gasteiger partial charge is 0.389 e. The van der Waals surface area contributed by atoms with Crippen LogP contribution in [-0.4, -0.2) is 72.9 Å². The van der Waals surface area contributed by atoms with Gasteiger partial charge in [-0.1, -0.05) is 11.6 Å². The molecule has 0 aliphatic carbocycles. The number of hydrogen-bond acceptors (Lipinski definition) is 4. The molecule has 1 aliphatic rings. The molecule has 5 nitrogen and oxygen atoms in total. The molecule has 0 spiro atoms. The van der Waals surface area contributed by atoms with Crippen LogP contribution in [0.3, 0.4) is 0 Å². The standard InChI is InChI=1S/C16H22ClFN2O3/c1-2-23-11-13(21)10-19-5-7-20(8-6-19)16(22)14-4-3-12(17)9-15(14)18/h3-4,9,13,21H,2,5-8,10-11H2,1H3. The van der Waals surface area contributed by atoms with E-state index in [1.165, 1.54) is 12.1 Å². The molecule has 128 valence electrons. The van der Waals surface area contributed by atoms with Gasteiger partial charge in [-0.2, -0.15) is 0 Å². The normalized spacial score (nSPS) is 17.3. The number of carbonyl (C=O) groups excluding carboxylic acids is 1. The third kappa shape index (κ3) is 5.14. The second-order valence-electron chi connectivity index (χ2n) is 5.53. The lowest BCUT2D eigenvalue weighted by atomic mass is 10.1. The van der Waals surface area contributed by atoms with E-state index in [4.69, 9.17) is 16.3 Å². The Morgan fingerprint density at radius 1 is 1.39 bits per heavy atom. The van der Waals surface area contributed by atoms with Gasteiger partial charge in [0.05, 0.1) is 18.3 Å². The molecule has 1 fully saturated rings. The predicted octanol–water partition coefficient (Wildman–Crippen LogP) is 1.63. The summed E-state index contributed by atoms with van der Waals surface area (Å²) in [5.41, 5.74) is 0.0410. The van der Waals surface area contributed by atoms with E-state index in [1.54, 1.807) is 4.90 Å². The molecule has 1 unspecified atom stereocenters. The molecule has 1 aromatic rings. The Morgan fingerprint density at radius 2 is 2.09 bits per heavy atom. The van der Waals surface area contributed by atoms with Crippen LogP contribution >= 0.6 is 11.6 Å². The number of amides is 1. The predicted molar refractivity (Wildman–Crippen MR) is 86.3 cm³/mol. The van der Waals surface area contributed by atoms with Gasteiger partial charge in [-0.05, 0) is 25.1 Å². The van der Waals surface area contributed by atoms with Crippen LogP contribution in [0, 0.1) is 5.82 Å². The zero-order chi connectivity index (χ0) is 16.8. The highest BCUT2D eigenvalue weighted by Gasteiger charge is 2.25. The van der Waals surface area contributed by atoms with E-state index in [0.717, 1.165) is 6.07 Å². The highest BCUT2D eigenvalue weighted by Crippen LogP contribution is 2.17. The molecular formula is C16H22ClFN2O3. The Balaban J connectivity index is 1.85. The highest BCUT2D eigenvalue weighted by atomic mass is 35.5. The second-order valence-corrected chi connectivity index (χ2v) is 5.97. The first kappa shape index (κ1) is 18.1. The third-order valence-corrected chi connectivity index (χ3v) is 4.04. The first-order chi connectivity index (χ1) is 11.0. The fourth-order valence-electron chi connectivity index (χ4n) is 2.57. The number of halogens is 2. The summed E-state index contributed by atoms with van der Waals surface area (Å²) >= 11 is 5.71. The minimum atomic E-state index is -0.600. The summed E-state index contributed by atoms with van der Waals surface area (Å²) in [5.74, 6) is -0.925. The minimum absolute atomic E-state index is 0.0410. The molecule has 0 bridgehead atoms. The molecule has 1 N–H and O–H groups in total. The Bertz CT molecular complexity index is 536. The summed E-state index contributed by atoms with van der Waals surface area (Å²) in [6, 6.07) is 4.07. The monoisotopic (exact) mass is 344 g/mol. The third-order valence-electron chi connectivity index (χ3n) is 3.80. The van der Waals surface area contributed by atoms with Crippen LogP contribution in [0.5, 0.6) is 0 Å². The van der Waals surface area contributed by atoms with Crippen molar-refractivity contribution in [3.05, 3.63) is 34.6 Å². The van der Waals surface area contributed by atoms with E-state index < -0.39 is 11.9 Å². The molecule has 2 rings (SSSR count). The molecule has 1 aliphatic heterocycles. The summed E-state index contributed by atoms with van der Waals surface area (Å²) in [5, 5.41) is 10.1.